The van der Waals surface area contributed by atoms with Gasteiger partial charge in [0, 0.05) is 11.9 Å². The lowest BCUT2D eigenvalue weighted by atomic mass is 10.0. The van der Waals surface area contributed by atoms with E-state index in [2.05, 4.69) is 37.2 Å². The Morgan fingerprint density at radius 2 is 2.15 bits per heavy atom. The second kappa shape index (κ2) is 3.11. The molecule has 2 aromatic rings. The minimum atomic E-state index is 0.518. The third kappa shape index (κ3) is 1.35. The Morgan fingerprint density at radius 3 is 2.85 bits per heavy atom. The van der Waals surface area contributed by atoms with Crippen molar-refractivity contribution in [1.82, 2.24) is 4.98 Å². The van der Waals surface area contributed by atoms with Crippen LogP contribution in [0.1, 0.15) is 31.0 Å². The molecule has 0 bridgehead atoms. The van der Waals surface area contributed by atoms with Gasteiger partial charge in [-0.15, -0.1) is 11.3 Å². The molecule has 0 saturated carbocycles. The van der Waals surface area contributed by atoms with Crippen molar-refractivity contribution in [2.45, 2.75) is 26.7 Å². The second-order valence-electron chi connectivity index (χ2n) is 3.62. The summed E-state index contributed by atoms with van der Waals surface area (Å²) in [4.78, 5) is 4.49. The van der Waals surface area contributed by atoms with Crippen molar-refractivity contribution < 1.29 is 0 Å². The summed E-state index contributed by atoms with van der Waals surface area (Å²) in [7, 11) is 0. The van der Waals surface area contributed by atoms with Gasteiger partial charge in [-0.1, -0.05) is 13.8 Å². The predicted molar refractivity (Wildman–Crippen MR) is 58.4 cm³/mol. The standard InChI is InChI=1S/C11H13NS/c1-7(2)11-8(3)9-4-5-13-10(9)6-12-11/h4-7H,1-3H3. The van der Waals surface area contributed by atoms with Crippen molar-refractivity contribution in [1.29, 1.82) is 0 Å². The van der Waals surface area contributed by atoms with Gasteiger partial charge in [-0.2, -0.15) is 0 Å². The SMILES string of the molecule is Cc1c(C(C)C)ncc2sccc12. The molecule has 2 aromatic heterocycles. The number of aryl methyl sites for hydroxylation is 1. The summed E-state index contributed by atoms with van der Waals surface area (Å²) < 4.78 is 1.29. The molecule has 0 aliphatic carbocycles. The molecule has 68 valence electrons. The summed E-state index contributed by atoms with van der Waals surface area (Å²) in [6, 6.07) is 2.18. The van der Waals surface area contributed by atoms with E-state index in [9.17, 15) is 0 Å². The maximum absolute atomic E-state index is 4.49. The predicted octanol–water partition coefficient (Wildman–Crippen LogP) is 3.73. The van der Waals surface area contributed by atoms with E-state index in [1.54, 1.807) is 11.3 Å². The first-order valence-electron chi connectivity index (χ1n) is 4.53. The maximum atomic E-state index is 4.49. The Labute approximate surface area is 82.4 Å². The largest absolute Gasteiger partial charge is 0.259 e. The van der Waals surface area contributed by atoms with Crippen molar-refractivity contribution in [2.75, 3.05) is 0 Å². The smallest absolute Gasteiger partial charge is 0.0528 e. The van der Waals surface area contributed by atoms with E-state index in [-0.39, 0.29) is 0 Å². The quantitative estimate of drug-likeness (QED) is 0.669. The number of aromatic nitrogens is 1. The zero-order valence-electron chi connectivity index (χ0n) is 8.16. The van der Waals surface area contributed by atoms with Crippen molar-refractivity contribution in [2.24, 2.45) is 0 Å². The highest BCUT2D eigenvalue weighted by molar-refractivity contribution is 7.17. The lowest BCUT2D eigenvalue weighted by Crippen LogP contribution is -1.95. The van der Waals surface area contributed by atoms with Gasteiger partial charge in [0.1, 0.15) is 0 Å². The van der Waals surface area contributed by atoms with Gasteiger partial charge in [-0.05, 0) is 35.2 Å². The van der Waals surface area contributed by atoms with E-state index in [0.717, 1.165) is 0 Å². The summed E-state index contributed by atoms with van der Waals surface area (Å²) in [5, 5.41) is 3.49. The molecule has 13 heavy (non-hydrogen) atoms. The molecule has 0 fully saturated rings. The molecule has 0 radical (unpaired) electrons. The van der Waals surface area contributed by atoms with Gasteiger partial charge in [0.05, 0.1) is 4.70 Å². The van der Waals surface area contributed by atoms with Crippen molar-refractivity contribution >= 4 is 21.4 Å². The topological polar surface area (TPSA) is 12.9 Å². The van der Waals surface area contributed by atoms with Gasteiger partial charge in [0.15, 0.2) is 0 Å². The fourth-order valence-electron chi connectivity index (χ4n) is 1.68. The minimum absolute atomic E-state index is 0.518. The van der Waals surface area contributed by atoms with Gasteiger partial charge < -0.3 is 0 Å². The highest BCUT2D eigenvalue weighted by atomic mass is 32.1. The molecule has 2 heteroatoms. The van der Waals surface area contributed by atoms with Gasteiger partial charge in [0.25, 0.3) is 0 Å². The summed E-state index contributed by atoms with van der Waals surface area (Å²) in [6.07, 6.45) is 1.99. The van der Waals surface area contributed by atoms with Crippen LogP contribution in [-0.4, -0.2) is 4.98 Å². The van der Waals surface area contributed by atoms with E-state index in [0.29, 0.717) is 5.92 Å². The number of thiophene rings is 1. The molecule has 0 aliphatic rings. The fourth-order valence-corrected chi connectivity index (χ4v) is 2.49. The van der Waals surface area contributed by atoms with Gasteiger partial charge in [-0.25, -0.2) is 0 Å². The monoisotopic (exact) mass is 191 g/mol. The zero-order valence-corrected chi connectivity index (χ0v) is 8.98. The first kappa shape index (κ1) is 8.70. The van der Waals surface area contributed by atoms with E-state index in [1.807, 2.05) is 6.20 Å². The van der Waals surface area contributed by atoms with E-state index >= 15 is 0 Å². The van der Waals surface area contributed by atoms with Crippen LogP contribution in [0.4, 0.5) is 0 Å². The van der Waals surface area contributed by atoms with Gasteiger partial charge in [0.2, 0.25) is 0 Å². The molecule has 1 nitrogen and oxygen atoms in total. The molecular weight excluding hydrogens is 178 g/mol. The molecule has 0 saturated heterocycles. The number of hydrogen-bond acceptors (Lipinski definition) is 2. The van der Waals surface area contributed by atoms with Crippen molar-refractivity contribution in [3.63, 3.8) is 0 Å². The van der Waals surface area contributed by atoms with Crippen molar-refractivity contribution in [3.05, 3.63) is 28.9 Å². The highest BCUT2D eigenvalue weighted by Gasteiger charge is 2.08. The van der Waals surface area contributed by atoms with Crippen LogP contribution in [-0.2, 0) is 0 Å². The Kier molecular flexibility index (Phi) is 2.08. The Bertz CT molecular complexity index is 429. The average Bonchev–Trinajstić information content (AvgIpc) is 2.52. The van der Waals surface area contributed by atoms with Gasteiger partial charge in [-0.3, -0.25) is 4.98 Å². The Balaban J connectivity index is 2.73. The summed E-state index contributed by atoms with van der Waals surface area (Å²) >= 11 is 1.76. The van der Waals surface area contributed by atoms with Crippen LogP contribution < -0.4 is 0 Å². The average molecular weight is 191 g/mol. The molecule has 0 unspecified atom stereocenters. The number of hydrogen-bond donors (Lipinski definition) is 0. The normalized spacial score (nSPS) is 11.4. The van der Waals surface area contributed by atoms with Crippen LogP contribution in [0.3, 0.4) is 0 Å². The zero-order chi connectivity index (χ0) is 9.42. The third-order valence-corrected chi connectivity index (χ3v) is 3.20. The number of nitrogens with zero attached hydrogens (tertiary/aromatic N) is 1. The third-order valence-electron chi connectivity index (χ3n) is 2.35. The fraction of sp³-hybridized carbons (Fsp3) is 0.364. The summed E-state index contributed by atoms with van der Waals surface area (Å²) in [6.45, 7) is 6.54. The first-order valence-corrected chi connectivity index (χ1v) is 5.41. The van der Waals surface area contributed by atoms with Crippen LogP contribution in [0.25, 0.3) is 10.1 Å². The minimum Gasteiger partial charge on any atom is -0.259 e. The molecule has 0 N–H and O–H groups in total. The molecular formula is C11H13NS. The van der Waals surface area contributed by atoms with Crippen LogP contribution in [0.5, 0.6) is 0 Å². The summed E-state index contributed by atoms with van der Waals surface area (Å²) in [5.41, 5.74) is 2.57. The molecule has 2 rings (SSSR count). The van der Waals surface area contributed by atoms with E-state index in [1.165, 1.54) is 21.3 Å². The first-order chi connectivity index (χ1) is 6.20. The number of pyridine rings is 1. The highest BCUT2D eigenvalue weighted by Crippen LogP contribution is 2.27. The number of fused-ring (bicyclic) bond motifs is 1. The maximum Gasteiger partial charge on any atom is 0.0528 e. The summed E-state index contributed by atoms with van der Waals surface area (Å²) in [5.74, 6) is 0.518. The van der Waals surface area contributed by atoms with E-state index < -0.39 is 0 Å². The molecule has 2 heterocycles. The van der Waals surface area contributed by atoms with Crippen LogP contribution in [0.2, 0.25) is 0 Å². The van der Waals surface area contributed by atoms with Gasteiger partial charge >= 0.3 is 0 Å². The molecule has 0 aliphatic heterocycles. The number of rotatable bonds is 1. The Hall–Kier alpha value is -0.890. The lowest BCUT2D eigenvalue weighted by Gasteiger charge is -2.08. The van der Waals surface area contributed by atoms with Crippen molar-refractivity contribution in [3.8, 4) is 0 Å². The Morgan fingerprint density at radius 1 is 1.38 bits per heavy atom. The lowest BCUT2D eigenvalue weighted by molar-refractivity contribution is 0.816. The van der Waals surface area contributed by atoms with E-state index in [4.69, 9.17) is 0 Å². The van der Waals surface area contributed by atoms with Crippen LogP contribution >= 0.6 is 11.3 Å². The van der Waals surface area contributed by atoms with Crippen LogP contribution in [0.15, 0.2) is 17.6 Å². The van der Waals surface area contributed by atoms with Crippen LogP contribution in [0, 0.1) is 6.92 Å². The second-order valence-corrected chi connectivity index (χ2v) is 4.57. The molecule has 0 atom stereocenters. The molecule has 0 amide bonds. The molecule has 0 spiro atoms. The molecule has 0 aromatic carbocycles.